The first kappa shape index (κ1) is 14.3. The predicted molar refractivity (Wildman–Crippen MR) is 78.4 cm³/mol. The zero-order chi connectivity index (χ0) is 13.7. The first-order valence-electron chi connectivity index (χ1n) is 7.08. The van der Waals surface area contributed by atoms with Crippen LogP contribution in [0.25, 0.3) is 0 Å². The van der Waals surface area contributed by atoms with Crippen LogP contribution in [0.1, 0.15) is 50.5 Å². The minimum Gasteiger partial charge on any atom is -0.323 e. The lowest BCUT2D eigenvalue weighted by molar-refractivity contribution is -0.117. The summed E-state index contributed by atoms with van der Waals surface area (Å²) in [5.41, 5.74) is 1.61. The highest BCUT2D eigenvalue weighted by Crippen LogP contribution is 2.27. The van der Waals surface area contributed by atoms with Gasteiger partial charge in [-0.05, 0) is 37.3 Å². The van der Waals surface area contributed by atoms with Crippen molar-refractivity contribution >= 4 is 23.2 Å². The van der Waals surface area contributed by atoms with E-state index in [9.17, 15) is 4.79 Å². The first-order chi connectivity index (χ1) is 9.16. The molecule has 1 aliphatic rings. The molecule has 0 bridgehead atoms. The Kier molecular flexibility index (Phi) is 5.20. The molecule has 0 aliphatic heterocycles. The summed E-state index contributed by atoms with van der Waals surface area (Å²) in [6.45, 7) is 1.93. The number of amides is 1. The molecule has 0 saturated heterocycles. The van der Waals surface area contributed by atoms with E-state index in [1.54, 1.807) is 6.20 Å². The highest BCUT2D eigenvalue weighted by Gasteiger charge is 2.17. The fourth-order valence-electron chi connectivity index (χ4n) is 2.70. The minimum atomic E-state index is 0.0601. The number of carbonyl (C=O) groups excluding carboxylic acids is 1. The van der Waals surface area contributed by atoms with Crippen molar-refractivity contribution in [3.63, 3.8) is 0 Å². The van der Waals surface area contributed by atoms with E-state index in [2.05, 4.69) is 10.3 Å². The normalized spacial score (nSPS) is 16.9. The van der Waals surface area contributed by atoms with Gasteiger partial charge in [0.15, 0.2) is 5.15 Å². The highest BCUT2D eigenvalue weighted by atomic mass is 35.5. The van der Waals surface area contributed by atoms with Crippen LogP contribution < -0.4 is 5.32 Å². The number of pyridine rings is 1. The molecule has 1 saturated carbocycles. The molecule has 19 heavy (non-hydrogen) atoms. The average Bonchev–Trinajstić information content (AvgIpc) is 2.63. The van der Waals surface area contributed by atoms with Gasteiger partial charge in [-0.3, -0.25) is 4.79 Å². The first-order valence-corrected chi connectivity index (χ1v) is 7.45. The lowest BCUT2D eigenvalue weighted by atomic mass is 9.96. The molecule has 4 heteroatoms. The summed E-state index contributed by atoms with van der Waals surface area (Å²) in [6.07, 6.45) is 9.73. The van der Waals surface area contributed by atoms with E-state index in [0.717, 1.165) is 5.56 Å². The summed E-state index contributed by atoms with van der Waals surface area (Å²) in [5, 5.41) is 3.28. The Morgan fingerprint density at radius 3 is 2.68 bits per heavy atom. The van der Waals surface area contributed by atoms with Crippen LogP contribution in [0.15, 0.2) is 12.3 Å². The van der Waals surface area contributed by atoms with Gasteiger partial charge in [-0.15, -0.1) is 0 Å². The van der Waals surface area contributed by atoms with E-state index in [4.69, 9.17) is 11.6 Å². The number of hydrogen-bond acceptors (Lipinski definition) is 2. The number of halogens is 1. The van der Waals surface area contributed by atoms with Crippen LogP contribution in [0.5, 0.6) is 0 Å². The fraction of sp³-hybridized carbons (Fsp3) is 0.600. The van der Waals surface area contributed by atoms with Crippen LogP contribution in [0.2, 0.25) is 5.15 Å². The molecule has 0 atom stereocenters. The van der Waals surface area contributed by atoms with Crippen molar-refractivity contribution in [2.45, 2.75) is 51.9 Å². The molecule has 1 aromatic heterocycles. The van der Waals surface area contributed by atoms with E-state index in [1.807, 2.05) is 13.0 Å². The van der Waals surface area contributed by atoms with Crippen LogP contribution >= 0.6 is 11.6 Å². The van der Waals surface area contributed by atoms with Gasteiger partial charge >= 0.3 is 0 Å². The van der Waals surface area contributed by atoms with Crippen molar-refractivity contribution < 1.29 is 4.79 Å². The van der Waals surface area contributed by atoms with Gasteiger partial charge in [-0.25, -0.2) is 4.98 Å². The zero-order valence-electron chi connectivity index (χ0n) is 11.4. The Labute approximate surface area is 119 Å². The third kappa shape index (κ3) is 4.20. The van der Waals surface area contributed by atoms with Gasteiger partial charge in [0.05, 0.1) is 5.69 Å². The Bertz CT molecular complexity index is 420. The molecule has 0 aromatic carbocycles. The summed E-state index contributed by atoms with van der Waals surface area (Å²) < 4.78 is 0. The standard InChI is InChI=1S/C15H21ClN2O/c1-11-8-9-17-15(16)14(11)18-13(19)10-12-6-4-2-3-5-7-12/h8-9,12H,2-7,10H2,1H3,(H,18,19). The summed E-state index contributed by atoms with van der Waals surface area (Å²) in [7, 11) is 0. The van der Waals surface area contributed by atoms with Crippen LogP contribution in [0.4, 0.5) is 5.69 Å². The van der Waals surface area contributed by atoms with Crippen LogP contribution in [-0.4, -0.2) is 10.9 Å². The van der Waals surface area contributed by atoms with Crippen molar-refractivity contribution in [3.8, 4) is 0 Å². The van der Waals surface area contributed by atoms with Crippen LogP contribution in [-0.2, 0) is 4.79 Å². The largest absolute Gasteiger partial charge is 0.323 e. The van der Waals surface area contributed by atoms with Gasteiger partial charge < -0.3 is 5.32 Å². The number of aromatic nitrogens is 1. The van der Waals surface area contributed by atoms with Crippen molar-refractivity contribution in [2.24, 2.45) is 5.92 Å². The van der Waals surface area contributed by atoms with Crippen LogP contribution in [0.3, 0.4) is 0 Å². The Morgan fingerprint density at radius 1 is 1.37 bits per heavy atom. The van der Waals surface area contributed by atoms with E-state index in [0.29, 0.717) is 23.2 Å². The molecule has 1 aromatic rings. The number of aryl methyl sites for hydroxylation is 1. The molecular weight excluding hydrogens is 260 g/mol. The van der Waals surface area contributed by atoms with E-state index in [1.165, 1.54) is 38.5 Å². The lowest BCUT2D eigenvalue weighted by Gasteiger charge is -2.15. The molecule has 2 rings (SSSR count). The van der Waals surface area contributed by atoms with E-state index >= 15 is 0 Å². The SMILES string of the molecule is Cc1ccnc(Cl)c1NC(=O)CC1CCCCCC1. The van der Waals surface area contributed by atoms with Gasteiger partial charge in [0.2, 0.25) is 5.91 Å². The van der Waals surface area contributed by atoms with Crippen LogP contribution in [0, 0.1) is 12.8 Å². The fourth-order valence-corrected chi connectivity index (χ4v) is 2.95. The molecule has 0 radical (unpaired) electrons. The van der Waals surface area contributed by atoms with E-state index < -0.39 is 0 Å². The predicted octanol–water partition coefficient (Wildman–Crippen LogP) is 4.34. The highest BCUT2D eigenvalue weighted by molar-refractivity contribution is 6.32. The number of rotatable bonds is 3. The second kappa shape index (κ2) is 6.90. The molecule has 1 aliphatic carbocycles. The lowest BCUT2D eigenvalue weighted by Crippen LogP contribution is -2.17. The smallest absolute Gasteiger partial charge is 0.224 e. The second-order valence-electron chi connectivity index (χ2n) is 5.40. The number of anilines is 1. The number of hydrogen-bond donors (Lipinski definition) is 1. The topological polar surface area (TPSA) is 42.0 Å². The third-order valence-corrected chi connectivity index (χ3v) is 4.11. The van der Waals surface area contributed by atoms with Gasteiger partial charge in [0.25, 0.3) is 0 Å². The van der Waals surface area contributed by atoms with Gasteiger partial charge in [-0.1, -0.05) is 37.3 Å². The van der Waals surface area contributed by atoms with Crippen molar-refractivity contribution in [1.29, 1.82) is 0 Å². The molecule has 104 valence electrons. The maximum Gasteiger partial charge on any atom is 0.224 e. The molecule has 1 fully saturated rings. The molecule has 1 amide bonds. The van der Waals surface area contributed by atoms with Gasteiger partial charge in [0, 0.05) is 12.6 Å². The molecular formula is C15H21ClN2O. The summed E-state index contributed by atoms with van der Waals surface area (Å²) in [5.74, 6) is 0.586. The maximum atomic E-state index is 12.1. The van der Waals surface area contributed by atoms with Crippen molar-refractivity contribution in [2.75, 3.05) is 5.32 Å². The van der Waals surface area contributed by atoms with Crippen molar-refractivity contribution in [1.82, 2.24) is 4.98 Å². The molecule has 3 nitrogen and oxygen atoms in total. The quantitative estimate of drug-likeness (QED) is 0.661. The van der Waals surface area contributed by atoms with E-state index in [-0.39, 0.29) is 5.91 Å². The molecule has 1 heterocycles. The Balaban J connectivity index is 1.93. The minimum absolute atomic E-state index is 0.0601. The number of nitrogens with one attached hydrogen (secondary N) is 1. The third-order valence-electron chi connectivity index (χ3n) is 3.83. The number of carbonyl (C=O) groups is 1. The zero-order valence-corrected chi connectivity index (χ0v) is 12.2. The Hall–Kier alpha value is -1.09. The maximum absolute atomic E-state index is 12.1. The molecule has 1 N–H and O–H groups in total. The second-order valence-corrected chi connectivity index (χ2v) is 5.76. The van der Waals surface area contributed by atoms with Gasteiger partial charge in [0.1, 0.15) is 0 Å². The molecule has 0 unspecified atom stereocenters. The Morgan fingerprint density at radius 2 is 2.05 bits per heavy atom. The van der Waals surface area contributed by atoms with Crippen molar-refractivity contribution in [3.05, 3.63) is 23.0 Å². The summed E-state index contributed by atoms with van der Waals surface area (Å²) in [4.78, 5) is 16.1. The van der Waals surface area contributed by atoms with Gasteiger partial charge in [-0.2, -0.15) is 0 Å². The summed E-state index contributed by atoms with van der Waals surface area (Å²) >= 11 is 6.02. The monoisotopic (exact) mass is 280 g/mol. The average molecular weight is 281 g/mol. The number of nitrogens with zero attached hydrogens (tertiary/aromatic N) is 1. The molecule has 0 spiro atoms. The summed E-state index contributed by atoms with van der Waals surface area (Å²) in [6, 6.07) is 1.85.